The quantitative estimate of drug-likeness (QED) is 0.797. The monoisotopic (exact) mass is 377 g/mol. The first-order valence-corrected chi connectivity index (χ1v) is 8.86. The van der Waals surface area contributed by atoms with Gasteiger partial charge in [-0.1, -0.05) is 35.3 Å². The summed E-state index contributed by atoms with van der Waals surface area (Å²) in [4.78, 5) is 14.2. The maximum Gasteiger partial charge on any atom is 0.323 e. The number of aromatic nitrogens is 1. The summed E-state index contributed by atoms with van der Waals surface area (Å²) in [5.74, 6) is 0.950. The molecule has 1 unspecified atom stereocenters. The predicted octanol–water partition coefficient (Wildman–Crippen LogP) is 5.04. The number of likely N-dealkylation sites (tertiary alicyclic amines) is 1. The molecule has 2 amide bonds. The molecule has 0 radical (unpaired) electrons. The third kappa shape index (κ3) is 4.07. The highest BCUT2D eigenvalue weighted by Crippen LogP contribution is 2.27. The van der Waals surface area contributed by atoms with Crippen molar-refractivity contribution in [1.82, 2.24) is 10.1 Å². The van der Waals surface area contributed by atoms with Crippen LogP contribution in [0.15, 0.2) is 28.3 Å². The minimum Gasteiger partial charge on any atom is -0.359 e. The highest BCUT2D eigenvalue weighted by molar-refractivity contribution is 6.30. The summed E-state index contributed by atoms with van der Waals surface area (Å²) in [6.45, 7) is 6.87. The SMILES string of the molecule is Cc1onc(NC(=O)N2CCC(=Cc3cc(F)cc(Cl)c3)C(C)C2)c1C. The van der Waals surface area contributed by atoms with E-state index in [1.165, 1.54) is 17.7 Å². The van der Waals surface area contributed by atoms with Crippen LogP contribution in [0.5, 0.6) is 0 Å². The van der Waals surface area contributed by atoms with E-state index >= 15 is 0 Å². The molecular formula is C19H21ClFN3O2. The second-order valence-corrected chi connectivity index (χ2v) is 7.10. The maximum atomic E-state index is 13.5. The van der Waals surface area contributed by atoms with Crippen molar-refractivity contribution in [3.63, 3.8) is 0 Å². The Balaban J connectivity index is 1.67. The Kier molecular flexibility index (Phi) is 5.32. The van der Waals surface area contributed by atoms with Gasteiger partial charge in [-0.2, -0.15) is 0 Å². The van der Waals surface area contributed by atoms with E-state index in [4.69, 9.17) is 16.1 Å². The molecule has 1 aromatic carbocycles. The predicted molar refractivity (Wildman–Crippen MR) is 99.7 cm³/mol. The van der Waals surface area contributed by atoms with E-state index in [2.05, 4.69) is 17.4 Å². The lowest BCUT2D eigenvalue weighted by molar-refractivity contribution is 0.197. The number of carbonyl (C=O) groups excluding carboxylic acids is 1. The Morgan fingerprint density at radius 1 is 1.42 bits per heavy atom. The Hall–Kier alpha value is -2.34. The van der Waals surface area contributed by atoms with E-state index in [1.54, 1.807) is 17.9 Å². The number of carbonyl (C=O) groups is 1. The number of benzene rings is 1. The molecule has 1 aliphatic heterocycles. The average Bonchev–Trinajstić information content (AvgIpc) is 2.88. The van der Waals surface area contributed by atoms with Crippen LogP contribution >= 0.6 is 11.6 Å². The Morgan fingerprint density at radius 2 is 2.19 bits per heavy atom. The molecule has 26 heavy (non-hydrogen) atoms. The van der Waals surface area contributed by atoms with Gasteiger partial charge in [0.05, 0.1) is 0 Å². The molecule has 1 N–H and O–H groups in total. The summed E-state index contributed by atoms with van der Waals surface area (Å²) in [7, 11) is 0. The summed E-state index contributed by atoms with van der Waals surface area (Å²) >= 11 is 5.92. The lowest BCUT2D eigenvalue weighted by Gasteiger charge is -2.33. The highest BCUT2D eigenvalue weighted by atomic mass is 35.5. The van der Waals surface area contributed by atoms with Crippen LogP contribution in [0, 0.1) is 25.6 Å². The fourth-order valence-electron chi connectivity index (χ4n) is 3.04. The van der Waals surface area contributed by atoms with E-state index in [1.807, 2.05) is 13.0 Å². The molecule has 3 rings (SSSR count). The van der Waals surface area contributed by atoms with E-state index in [-0.39, 0.29) is 17.8 Å². The third-order valence-corrected chi connectivity index (χ3v) is 4.92. The topological polar surface area (TPSA) is 58.4 Å². The molecule has 1 aliphatic rings. The molecule has 1 aromatic heterocycles. The van der Waals surface area contributed by atoms with Crippen molar-refractivity contribution in [2.75, 3.05) is 18.4 Å². The minimum atomic E-state index is -0.355. The van der Waals surface area contributed by atoms with Crippen LogP contribution in [0.3, 0.4) is 0 Å². The second kappa shape index (κ2) is 7.50. The summed E-state index contributed by atoms with van der Waals surface area (Å²) in [6.07, 6.45) is 2.68. The molecule has 2 aromatic rings. The molecule has 5 nitrogen and oxygen atoms in total. The summed E-state index contributed by atoms with van der Waals surface area (Å²) in [6, 6.07) is 4.29. The molecule has 7 heteroatoms. The normalized spacial score (nSPS) is 19.0. The van der Waals surface area contributed by atoms with Gasteiger partial charge in [-0.15, -0.1) is 0 Å². The molecule has 1 fully saturated rings. The van der Waals surface area contributed by atoms with Crippen molar-refractivity contribution < 1.29 is 13.7 Å². The summed E-state index contributed by atoms with van der Waals surface area (Å²) < 4.78 is 18.6. The molecule has 0 bridgehead atoms. The van der Waals surface area contributed by atoms with Crippen LogP contribution in [-0.4, -0.2) is 29.2 Å². The molecule has 1 saturated heterocycles. The number of urea groups is 1. The zero-order valence-electron chi connectivity index (χ0n) is 15.0. The first kappa shape index (κ1) is 18.5. The number of amides is 2. The van der Waals surface area contributed by atoms with Crippen molar-refractivity contribution in [3.05, 3.63) is 51.5 Å². The van der Waals surface area contributed by atoms with Crippen LogP contribution in [0.25, 0.3) is 6.08 Å². The number of aryl methyl sites for hydroxylation is 1. The molecule has 0 saturated carbocycles. The number of hydrogen-bond donors (Lipinski definition) is 1. The van der Waals surface area contributed by atoms with Gasteiger partial charge in [-0.25, -0.2) is 9.18 Å². The van der Waals surface area contributed by atoms with Gasteiger partial charge in [0, 0.05) is 23.7 Å². The first-order valence-electron chi connectivity index (χ1n) is 8.49. The van der Waals surface area contributed by atoms with Crippen LogP contribution < -0.4 is 5.32 Å². The molecular weight excluding hydrogens is 357 g/mol. The zero-order chi connectivity index (χ0) is 18.8. The Labute approximate surface area is 156 Å². The van der Waals surface area contributed by atoms with E-state index in [9.17, 15) is 9.18 Å². The Morgan fingerprint density at radius 3 is 2.81 bits per heavy atom. The van der Waals surface area contributed by atoms with Gasteiger partial charge in [-0.3, -0.25) is 5.32 Å². The number of nitrogens with one attached hydrogen (secondary N) is 1. The van der Waals surface area contributed by atoms with Gasteiger partial charge in [-0.05, 0) is 49.9 Å². The van der Waals surface area contributed by atoms with Crippen LogP contribution in [0.2, 0.25) is 5.02 Å². The van der Waals surface area contributed by atoms with Gasteiger partial charge in [0.15, 0.2) is 5.82 Å². The number of hydrogen-bond acceptors (Lipinski definition) is 3. The average molecular weight is 378 g/mol. The Bertz CT molecular complexity index is 842. The molecule has 138 valence electrons. The van der Waals surface area contributed by atoms with Crippen molar-refractivity contribution in [3.8, 4) is 0 Å². The fraction of sp³-hybridized carbons (Fsp3) is 0.368. The number of nitrogens with zero attached hydrogens (tertiary/aromatic N) is 2. The largest absolute Gasteiger partial charge is 0.359 e. The standard InChI is InChI=1S/C19H21ClFN3O2/c1-11-10-24(19(25)22-18-12(2)13(3)26-23-18)5-4-15(11)6-14-7-16(20)9-17(21)8-14/h6-9,11H,4-5,10H2,1-3H3,(H,22,23,25). The minimum absolute atomic E-state index is 0.164. The van der Waals surface area contributed by atoms with Gasteiger partial charge < -0.3 is 9.42 Å². The third-order valence-electron chi connectivity index (χ3n) is 4.70. The number of halogens is 2. The van der Waals surface area contributed by atoms with E-state index in [0.717, 1.165) is 17.5 Å². The lowest BCUT2D eigenvalue weighted by Crippen LogP contribution is -2.42. The van der Waals surface area contributed by atoms with E-state index in [0.29, 0.717) is 29.7 Å². The molecule has 2 heterocycles. The van der Waals surface area contributed by atoms with Gasteiger partial charge >= 0.3 is 6.03 Å². The van der Waals surface area contributed by atoms with Gasteiger partial charge in [0.2, 0.25) is 0 Å². The van der Waals surface area contributed by atoms with Crippen molar-refractivity contribution in [1.29, 1.82) is 0 Å². The maximum absolute atomic E-state index is 13.5. The van der Waals surface area contributed by atoms with Crippen molar-refractivity contribution in [2.45, 2.75) is 27.2 Å². The van der Waals surface area contributed by atoms with Gasteiger partial charge in [0.25, 0.3) is 0 Å². The van der Waals surface area contributed by atoms with Crippen molar-refractivity contribution in [2.24, 2.45) is 5.92 Å². The van der Waals surface area contributed by atoms with Crippen molar-refractivity contribution >= 4 is 29.5 Å². The van der Waals surface area contributed by atoms with Crippen LogP contribution in [0.4, 0.5) is 15.0 Å². The molecule has 0 aliphatic carbocycles. The molecule has 0 spiro atoms. The number of piperidine rings is 1. The second-order valence-electron chi connectivity index (χ2n) is 6.66. The first-order chi connectivity index (χ1) is 12.3. The highest BCUT2D eigenvalue weighted by Gasteiger charge is 2.25. The zero-order valence-corrected chi connectivity index (χ0v) is 15.7. The van der Waals surface area contributed by atoms with E-state index < -0.39 is 0 Å². The number of anilines is 1. The molecule has 1 atom stereocenters. The smallest absolute Gasteiger partial charge is 0.323 e. The summed E-state index contributed by atoms with van der Waals surface area (Å²) in [5.41, 5.74) is 2.74. The van der Waals surface area contributed by atoms with Crippen LogP contribution in [-0.2, 0) is 0 Å². The van der Waals surface area contributed by atoms with Gasteiger partial charge in [0.1, 0.15) is 11.6 Å². The lowest BCUT2D eigenvalue weighted by atomic mass is 9.91. The van der Waals surface area contributed by atoms with Crippen LogP contribution in [0.1, 0.15) is 30.2 Å². The number of rotatable bonds is 2. The fourth-order valence-corrected chi connectivity index (χ4v) is 3.27. The summed E-state index contributed by atoms with van der Waals surface area (Å²) in [5, 5.41) is 7.03.